The van der Waals surface area contributed by atoms with Crippen molar-refractivity contribution < 1.29 is 14.4 Å². The van der Waals surface area contributed by atoms with Gasteiger partial charge < -0.3 is 0 Å². The lowest BCUT2D eigenvalue weighted by atomic mass is 9.80. The van der Waals surface area contributed by atoms with E-state index in [4.69, 9.17) is 0 Å². The van der Waals surface area contributed by atoms with E-state index < -0.39 is 0 Å². The number of imide groups is 1. The Morgan fingerprint density at radius 1 is 1.18 bits per heavy atom. The van der Waals surface area contributed by atoms with Gasteiger partial charge in [-0.05, 0) is 44.3 Å². The van der Waals surface area contributed by atoms with Gasteiger partial charge in [0.2, 0.25) is 11.8 Å². The van der Waals surface area contributed by atoms with Gasteiger partial charge >= 0.3 is 0 Å². The Kier molecular flexibility index (Phi) is 8.15. The van der Waals surface area contributed by atoms with Crippen molar-refractivity contribution in [3.05, 3.63) is 0 Å². The summed E-state index contributed by atoms with van der Waals surface area (Å²) in [7, 11) is 0. The van der Waals surface area contributed by atoms with Gasteiger partial charge in [-0.1, -0.05) is 20.8 Å². The second-order valence-corrected chi connectivity index (χ2v) is 7.30. The molecule has 1 saturated heterocycles. The molecule has 0 aromatic rings. The molecule has 1 atom stereocenters. The maximum Gasteiger partial charge on any atom is 0.242 e. The van der Waals surface area contributed by atoms with E-state index >= 15 is 0 Å². The zero-order chi connectivity index (χ0) is 16.7. The summed E-state index contributed by atoms with van der Waals surface area (Å²) in [5.74, 6) is 1.69. The first-order valence-electron chi connectivity index (χ1n) is 8.49. The monoisotopic (exact) mass is 327 g/mol. The van der Waals surface area contributed by atoms with Crippen molar-refractivity contribution in [2.24, 2.45) is 11.8 Å². The molecule has 2 aliphatic rings. The first kappa shape index (κ1) is 19.2. The van der Waals surface area contributed by atoms with Crippen molar-refractivity contribution in [1.82, 2.24) is 4.90 Å². The quantitative estimate of drug-likeness (QED) is 0.727. The lowest BCUT2D eigenvalue weighted by molar-refractivity contribution is -0.139. The van der Waals surface area contributed by atoms with Gasteiger partial charge in [0.05, 0.1) is 5.25 Å². The molecule has 1 heterocycles. The van der Waals surface area contributed by atoms with Crippen molar-refractivity contribution in [3.8, 4) is 0 Å². The molecule has 0 aromatic heterocycles. The number of hydrogen-bond acceptors (Lipinski definition) is 4. The third kappa shape index (κ3) is 4.83. The van der Waals surface area contributed by atoms with E-state index in [0.29, 0.717) is 18.9 Å². The summed E-state index contributed by atoms with van der Waals surface area (Å²) in [5, 5.41) is -0.166. The van der Waals surface area contributed by atoms with Gasteiger partial charge in [-0.3, -0.25) is 19.3 Å². The average Bonchev–Trinajstić information content (AvgIpc) is 2.78. The molecule has 1 saturated carbocycles. The van der Waals surface area contributed by atoms with E-state index in [2.05, 4.69) is 0 Å². The molecule has 1 aliphatic heterocycles. The number of carbonyl (C=O) groups is 3. The van der Waals surface area contributed by atoms with Gasteiger partial charge in [-0.2, -0.15) is 0 Å². The van der Waals surface area contributed by atoms with Gasteiger partial charge in [0.15, 0.2) is 0 Å². The van der Waals surface area contributed by atoms with E-state index in [9.17, 15) is 14.4 Å². The maximum absolute atomic E-state index is 12.2. The summed E-state index contributed by atoms with van der Waals surface area (Å²) in [6.45, 7) is 8.22. The van der Waals surface area contributed by atoms with Crippen LogP contribution in [0.15, 0.2) is 0 Å². The van der Waals surface area contributed by atoms with Crippen molar-refractivity contribution in [3.63, 3.8) is 0 Å². The minimum absolute atomic E-state index is 0.00413. The van der Waals surface area contributed by atoms with E-state index in [-0.39, 0.29) is 28.8 Å². The summed E-state index contributed by atoms with van der Waals surface area (Å²) in [4.78, 5) is 36.9. The summed E-state index contributed by atoms with van der Waals surface area (Å²) in [6, 6.07) is 0. The number of ketones is 1. The summed E-state index contributed by atoms with van der Waals surface area (Å²) in [6.07, 6.45) is 4.08. The van der Waals surface area contributed by atoms with Crippen LogP contribution in [-0.4, -0.2) is 40.0 Å². The molecule has 2 amide bonds. The van der Waals surface area contributed by atoms with Crippen molar-refractivity contribution in [1.29, 1.82) is 0 Å². The fourth-order valence-corrected chi connectivity index (χ4v) is 4.12. The molecule has 126 valence electrons. The van der Waals surface area contributed by atoms with Crippen molar-refractivity contribution >= 4 is 29.4 Å². The highest BCUT2D eigenvalue weighted by molar-refractivity contribution is 8.00. The summed E-state index contributed by atoms with van der Waals surface area (Å²) < 4.78 is 0. The Labute approximate surface area is 138 Å². The Balaban J connectivity index is 0.00000116. The first-order valence-corrected chi connectivity index (χ1v) is 9.54. The number of amides is 2. The number of rotatable bonds is 5. The van der Waals surface area contributed by atoms with Crippen molar-refractivity contribution in [2.75, 3.05) is 12.3 Å². The fraction of sp³-hybridized carbons (Fsp3) is 0.824. The van der Waals surface area contributed by atoms with Crippen LogP contribution in [0.1, 0.15) is 59.8 Å². The highest BCUT2D eigenvalue weighted by Gasteiger charge is 2.39. The number of nitrogens with zero attached hydrogens (tertiary/aromatic N) is 1. The van der Waals surface area contributed by atoms with Gasteiger partial charge in [-0.25, -0.2) is 0 Å². The molecule has 4 nitrogen and oxygen atoms in total. The van der Waals surface area contributed by atoms with Crippen LogP contribution in [0.3, 0.4) is 0 Å². The molecule has 1 unspecified atom stereocenters. The average molecular weight is 327 g/mol. The minimum Gasteiger partial charge on any atom is -0.300 e. The zero-order valence-corrected chi connectivity index (χ0v) is 15.1. The molecule has 2 rings (SSSR count). The maximum atomic E-state index is 12.2. The largest absolute Gasteiger partial charge is 0.300 e. The molecular formula is C17H29NO3S. The predicted molar refractivity (Wildman–Crippen MR) is 90.7 cm³/mol. The molecule has 0 spiro atoms. The lowest BCUT2D eigenvalue weighted by Gasteiger charge is -2.29. The number of thioether (sulfide) groups is 1. The number of hydrogen-bond donors (Lipinski definition) is 0. The standard InChI is InChI=1S/C15H23NO3S.C2H6/c1-3-20-13-8-14(18)16(15(13)19)9-11-4-6-12(7-5-11)10(2)17;1-2/h11-13H,3-9H2,1-2H3;1-2H3. The Morgan fingerprint density at radius 3 is 2.27 bits per heavy atom. The molecular weight excluding hydrogens is 298 g/mol. The normalized spacial score (nSPS) is 28.4. The van der Waals surface area contributed by atoms with Crippen molar-refractivity contribution in [2.45, 2.75) is 65.0 Å². The van der Waals surface area contributed by atoms with Gasteiger partial charge in [0.25, 0.3) is 0 Å². The molecule has 0 radical (unpaired) electrons. The zero-order valence-electron chi connectivity index (χ0n) is 14.3. The van der Waals surface area contributed by atoms with E-state index in [1.807, 2.05) is 20.8 Å². The SMILES string of the molecule is CC.CCSC1CC(=O)N(CC2CCC(C(C)=O)CC2)C1=O. The van der Waals surface area contributed by atoms with E-state index in [1.165, 1.54) is 4.90 Å². The number of Topliss-reactive ketones (excluding diaryl/α,β-unsaturated/α-hetero) is 1. The Bertz CT molecular complexity index is 403. The van der Waals surface area contributed by atoms with Crippen LogP contribution in [0, 0.1) is 11.8 Å². The van der Waals surface area contributed by atoms with E-state index in [1.54, 1.807) is 18.7 Å². The fourth-order valence-electron chi connectivity index (χ4n) is 3.19. The van der Waals surface area contributed by atoms with Crippen LogP contribution in [0.25, 0.3) is 0 Å². The smallest absolute Gasteiger partial charge is 0.242 e. The van der Waals surface area contributed by atoms with Crippen LogP contribution in [0.5, 0.6) is 0 Å². The second-order valence-electron chi connectivity index (χ2n) is 5.82. The molecule has 2 fully saturated rings. The van der Waals surface area contributed by atoms with Crippen LogP contribution >= 0.6 is 11.8 Å². The molecule has 5 heteroatoms. The molecule has 1 aliphatic carbocycles. The number of carbonyl (C=O) groups excluding carboxylic acids is 3. The van der Waals surface area contributed by atoms with Gasteiger partial charge in [-0.15, -0.1) is 11.8 Å². The molecule has 0 N–H and O–H groups in total. The van der Waals surface area contributed by atoms with E-state index in [0.717, 1.165) is 31.4 Å². The molecule has 22 heavy (non-hydrogen) atoms. The van der Waals surface area contributed by atoms with Crippen LogP contribution < -0.4 is 0 Å². The Hall–Kier alpha value is -0.840. The Morgan fingerprint density at radius 2 is 1.77 bits per heavy atom. The predicted octanol–water partition coefficient (Wildman–Crippen LogP) is 3.29. The molecule has 0 bridgehead atoms. The summed E-state index contributed by atoms with van der Waals surface area (Å²) >= 11 is 1.56. The van der Waals surface area contributed by atoms with Crippen LogP contribution in [0.2, 0.25) is 0 Å². The minimum atomic E-state index is -0.166. The van der Waals surface area contributed by atoms with Crippen LogP contribution in [-0.2, 0) is 14.4 Å². The third-order valence-corrected chi connectivity index (χ3v) is 5.54. The highest BCUT2D eigenvalue weighted by atomic mass is 32.2. The lowest BCUT2D eigenvalue weighted by Crippen LogP contribution is -2.37. The summed E-state index contributed by atoms with van der Waals surface area (Å²) in [5.41, 5.74) is 0. The van der Waals surface area contributed by atoms with Gasteiger partial charge in [0.1, 0.15) is 5.78 Å². The van der Waals surface area contributed by atoms with Gasteiger partial charge in [0, 0.05) is 18.9 Å². The second kappa shape index (κ2) is 9.33. The first-order chi connectivity index (χ1) is 10.5. The topological polar surface area (TPSA) is 54.5 Å². The highest BCUT2D eigenvalue weighted by Crippen LogP contribution is 2.32. The molecule has 0 aromatic carbocycles. The third-order valence-electron chi connectivity index (χ3n) is 4.43. The van der Waals surface area contributed by atoms with Crippen LogP contribution in [0.4, 0.5) is 0 Å². The number of likely N-dealkylation sites (tertiary alicyclic amines) is 1.